The van der Waals surface area contributed by atoms with E-state index in [1.807, 2.05) is 47.4 Å². The molecule has 0 aliphatic carbocycles. The second-order valence-electron chi connectivity index (χ2n) is 5.79. The van der Waals surface area contributed by atoms with Gasteiger partial charge in [0.1, 0.15) is 5.75 Å². The number of anilines is 1. The molecule has 0 saturated carbocycles. The smallest absolute Gasteiger partial charge is 0.268 e. The third-order valence-corrected chi connectivity index (χ3v) is 4.28. The lowest BCUT2D eigenvalue weighted by Gasteiger charge is -2.33. The highest BCUT2D eigenvalue weighted by Gasteiger charge is 2.31. The maximum Gasteiger partial charge on any atom is 0.268 e. The van der Waals surface area contributed by atoms with Crippen LogP contribution in [0, 0.1) is 0 Å². The summed E-state index contributed by atoms with van der Waals surface area (Å²) in [5.74, 6) is 0.761. The van der Waals surface area contributed by atoms with E-state index in [0.717, 1.165) is 17.0 Å². The van der Waals surface area contributed by atoms with Gasteiger partial charge in [-0.2, -0.15) is 0 Å². The number of carbonyl (C=O) groups is 1. The van der Waals surface area contributed by atoms with Crippen LogP contribution in [0.4, 0.5) is 5.69 Å². The summed E-state index contributed by atoms with van der Waals surface area (Å²) in [6.45, 7) is 2.35. The van der Waals surface area contributed by atoms with Crippen LogP contribution < -0.4 is 9.64 Å². The van der Waals surface area contributed by atoms with Gasteiger partial charge in [-0.25, -0.2) is 0 Å². The molecule has 1 amide bonds. The molecule has 1 heterocycles. The number of hydrogen-bond acceptors (Lipinski definition) is 2. The van der Waals surface area contributed by atoms with E-state index in [4.69, 9.17) is 4.74 Å². The Kier molecular flexibility index (Phi) is 3.27. The Morgan fingerprint density at radius 3 is 2.61 bits per heavy atom. The van der Waals surface area contributed by atoms with Crippen LogP contribution in [-0.2, 0) is 11.3 Å². The molecule has 1 aliphatic rings. The van der Waals surface area contributed by atoms with Crippen molar-refractivity contribution in [2.75, 3.05) is 4.90 Å². The van der Waals surface area contributed by atoms with Gasteiger partial charge in [-0.15, -0.1) is 0 Å². The molecule has 0 N–H and O–H groups in total. The molecular weight excluding hydrogens is 286 g/mol. The van der Waals surface area contributed by atoms with Crippen molar-refractivity contribution in [3.05, 3.63) is 72.3 Å². The van der Waals surface area contributed by atoms with Crippen molar-refractivity contribution in [3.63, 3.8) is 0 Å². The monoisotopic (exact) mass is 303 g/mol. The molecule has 0 aromatic heterocycles. The number of para-hydroxylation sites is 2. The summed E-state index contributed by atoms with van der Waals surface area (Å²) >= 11 is 0. The Balaban J connectivity index is 1.79. The number of ether oxygens (including phenoxy) is 1. The summed E-state index contributed by atoms with van der Waals surface area (Å²) in [4.78, 5) is 14.5. The van der Waals surface area contributed by atoms with Crippen LogP contribution in [0.3, 0.4) is 0 Å². The topological polar surface area (TPSA) is 29.5 Å². The molecular formula is C20H17NO2. The molecule has 3 aromatic carbocycles. The molecule has 1 atom stereocenters. The Morgan fingerprint density at radius 1 is 0.957 bits per heavy atom. The fourth-order valence-electron chi connectivity index (χ4n) is 3.12. The first kappa shape index (κ1) is 13.8. The van der Waals surface area contributed by atoms with Crippen LogP contribution in [0.1, 0.15) is 12.5 Å². The highest BCUT2D eigenvalue weighted by Crippen LogP contribution is 2.35. The average molecular weight is 303 g/mol. The van der Waals surface area contributed by atoms with Crippen molar-refractivity contribution in [2.45, 2.75) is 19.6 Å². The highest BCUT2D eigenvalue weighted by molar-refractivity contribution is 6.00. The second kappa shape index (κ2) is 5.43. The zero-order valence-electron chi connectivity index (χ0n) is 12.9. The molecule has 4 rings (SSSR count). The van der Waals surface area contributed by atoms with Gasteiger partial charge in [-0.3, -0.25) is 4.79 Å². The minimum Gasteiger partial charge on any atom is -0.479 e. The number of amides is 1. The van der Waals surface area contributed by atoms with Gasteiger partial charge in [0.25, 0.3) is 5.91 Å². The lowest BCUT2D eigenvalue weighted by Crippen LogP contribution is -2.43. The summed E-state index contributed by atoms with van der Waals surface area (Å²) in [6.07, 6.45) is -0.458. The maximum absolute atomic E-state index is 12.6. The van der Waals surface area contributed by atoms with Gasteiger partial charge in [0.15, 0.2) is 6.10 Å². The zero-order valence-corrected chi connectivity index (χ0v) is 12.9. The molecule has 0 fully saturated rings. The number of rotatable bonds is 2. The first-order chi connectivity index (χ1) is 11.2. The molecule has 0 spiro atoms. The molecule has 3 aromatic rings. The van der Waals surface area contributed by atoms with E-state index in [9.17, 15) is 4.79 Å². The summed E-state index contributed by atoms with van der Waals surface area (Å²) < 4.78 is 5.71. The average Bonchev–Trinajstić information content (AvgIpc) is 2.59. The zero-order chi connectivity index (χ0) is 15.8. The van der Waals surface area contributed by atoms with E-state index in [1.54, 1.807) is 6.92 Å². The van der Waals surface area contributed by atoms with Crippen molar-refractivity contribution in [3.8, 4) is 5.75 Å². The molecule has 23 heavy (non-hydrogen) atoms. The van der Waals surface area contributed by atoms with Crippen molar-refractivity contribution in [1.29, 1.82) is 0 Å². The predicted molar refractivity (Wildman–Crippen MR) is 91.7 cm³/mol. The Labute approximate surface area is 135 Å². The predicted octanol–water partition coefficient (Wildman–Crippen LogP) is 4.15. The minimum absolute atomic E-state index is 0.00312. The largest absolute Gasteiger partial charge is 0.479 e. The van der Waals surface area contributed by atoms with Gasteiger partial charge in [-0.1, -0.05) is 54.6 Å². The quantitative estimate of drug-likeness (QED) is 0.711. The van der Waals surface area contributed by atoms with Gasteiger partial charge in [0.2, 0.25) is 0 Å². The summed E-state index contributed by atoms with van der Waals surface area (Å²) in [5.41, 5.74) is 1.98. The van der Waals surface area contributed by atoms with Crippen LogP contribution in [0.5, 0.6) is 5.75 Å². The molecule has 1 unspecified atom stereocenters. The number of nitrogens with zero attached hydrogens (tertiary/aromatic N) is 1. The van der Waals surface area contributed by atoms with E-state index in [0.29, 0.717) is 6.54 Å². The van der Waals surface area contributed by atoms with E-state index >= 15 is 0 Å². The van der Waals surface area contributed by atoms with Crippen molar-refractivity contribution in [1.82, 2.24) is 0 Å². The molecule has 3 heteroatoms. The summed E-state index contributed by atoms with van der Waals surface area (Å²) in [6, 6.07) is 22.2. The first-order valence-electron chi connectivity index (χ1n) is 7.78. The fraction of sp³-hybridized carbons (Fsp3) is 0.150. The Hall–Kier alpha value is -2.81. The number of benzene rings is 3. The molecule has 0 saturated heterocycles. The van der Waals surface area contributed by atoms with E-state index < -0.39 is 6.10 Å². The van der Waals surface area contributed by atoms with Gasteiger partial charge >= 0.3 is 0 Å². The lowest BCUT2D eigenvalue weighted by molar-refractivity contribution is -0.125. The summed E-state index contributed by atoms with van der Waals surface area (Å²) in [7, 11) is 0. The third-order valence-electron chi connectivity index (χ3n) is 4.28. The third kappa shape index (κ3) is 2.34. The normalized spacial score (nSPS) is 17.0. The fourth-order valence-corrected chi connectivity index (χ4v) is 3.12. The van der Waals surface area contributed by atoms with Crippen LogP contribution in [0.2, 0.25) is 0 Å². The molecule has 0 bridgehead atoms. The van der Waals surface area contributed by atoms with Crippen LogP contribution in [-0.4, -0.2) is 12.0 Å². The Morgan fingerprint density at radius 2 is 1.70 bits per heavy atom. The van der Waals surface area contributed by atoms with Gasteiger partial charge < -0.3 is 9.64 Å². The van der Waals surface area contributed by atoms with Crippen LogP contribution >= 0.6 is 0 Å². The summed E-state index contributed by atoms with van der Waals surface area (Å²) in [5, 5.41) is 2.37. The SMILES string of the molecule is CC1Oc2ccccc2N(Cc2cccc3ccccc23)C1=O. The van der Waals surface area contributed by atoms with Gasteiger partial charge in [0, 0.05) is 0 Å². The molecule has 3 nitrogen and oxygen atoms in total. The van der Waals surface area contributed by atoms with Crippen molar-refractivity contribution in [2.24, 2.45) is 0 Å². The van der Waals surface area contributed by atoms with Crippen LogP contribution in [0.25, 0.3) is 10.8 Å². The molecule has 114 valence electrons. The van der Waals surface area contributed by atoms with Crippen LogP contribution in [0.15, 0.2) is 66.7 Å². The van der Waals surface area contributed by atoms with Crippen molar-refractivity contribution >= 4 is 22.4 Å². The van der Waals surface area contributed by atoms with E-state index in [1.165, 1.54) is 10.8 Å². The number of hydrogen-bond donors (Lipinski definition) is 0. The van der Waals surface area contributed by atoms with Gasteiger partial charge in [-0.05, 0) is 35.4 Å². The lowest BCUT2D eigenvalue weighted by atomic mass is 10.0. The van der Waals surface area contributed by atoms with Gasteiger partial charge in [0.05, 0.1) is 12.2 Å². The van der Waals surface area contributed by atoms with Crippen molar-refractivity contribution < 1.29 is 9.53 Å². The van der Waals surface area contributed by atoms with E-state index in [-0.39, 0.29) is 5.91 Å². The number of fused-ring (bicyclic) bond motifs is 2. The Bertz CT molecular complexity index is 882. The highest BCUT2D eigenvalue weighted by atomic mass is 16.5. The number of carbonyl (C=O) groups excluding carboxylic acids is 1. The molecule has 1 aliphatic heterocycles. The standard InChI is InChI=1S/C20H17NO2/c1-14-20(22)21(18-11-4-5-12-19(18)23-14)13-16-9-6-8-15-7-2-3-10-17(15)16/h2-12,14H,13H2,1H3. The van der Waals surface area contributed by atoms with E-state index in [2.05, 4.69) is 24.3 Å². The second-order valence-corrected chi connectivity index (χ2v) is 5.79. The minimum atomic E-state index is -0.458. The molecule has 0 radical (unpaired) electrons. The first-order valence-corrected chi connectivity index (χ1v) is 7.78. The maximum atomic E-state index is 12.6.